The van der Waals surface area contributed by atoms with E-state index in [1.54, 1.807) is 6.20 Å². The topological polar surface area (TPSA) is 50.7 Å². The standard InChI is InChI=1S/C16H21BrN4/c1-4-8-19-16-14(17)15(11(2)3)20-13(21-16)10-12-7-5-6-9-18-12/h5-7,9,11H,4,8,10H2,1-3H3,(H,19,20,21). The van der Waals surface area contributed by atoms with E-state index in [-0.39, 0.29) is 0 Å². The molecular formula is C16H21BrN4. The van der Waals surface area contributed by atoms with Gasteiger partial charge in [-0.2, -0.15) is 0 Å². The van der Waals surface area contributed by atoms with Crippen LogP contribution in [-0.4, -0.2) is 21.5 Å². The molecule has 2 heterocycles. The van der Waals surface area contributed by atoms with Gasteiger partial charge in [0, 0.05) is 18.4 Å². The van der Waals surface area contributed by atoms with Crippen molar-refractivity contribution in [3.05, 3.63) is 46.1 Å². The molecule has 0 saturated heterocycles. The number of nitrogens with zero attached hydrogens (tertiary/aromatic N) is 3. The van der Waals surface area contributed by atoms with Crippen LogP contribution >= 0.6 is 15.9 Å². The number of rotatable bonds is 6. The molecule has 2 aromatic heterocycles. The van der Waals surface area contributed by atoms with E-state index in [0.29, 0.717) is 12.3 Å². The third-order valence-corrected chi connectivity index (χ3v) is 3.86. The van der Waals surface area contributed by atoms with Crippen LogP contribution in [0, 0.1) is 0 Å². The SMILES string of the molecule is CCCNc1nc(Cc2ccccn2)nc(C(C)C)c1Br. The van der Waals surface area contributed by atoms with E-state index in [4.69, 9.17) is 4.98 Å². The van der Waals surface area contributed by atoms with Gasteiger partial charge in [0.25, 0.3) is 0 Å². The maximum atomic E-state index is 4.70. The fourth-order valence-corrected chi connectivity index (χ4v) is 2.77. The average molecular weight is 349 g/mol. The number of nitrogens with one attached hydrogen (secondary N) is 1. The Balaban J connectivity index is 2.34. The van der Waals surface area contributed by atoms with Crippen LogP contribution in [0.15, 0.2) is 28.9 Å². The maximum absolute atomic E-state index is 4.70. The number of pyridine rings is 1. The molecule has 0 atom stereocenters. The van der Waals surface area contributed by atoms with Gasteiger partial charge >= 0.3 is 0 Å². The molecule has 2 rings (SSSR count). The van der Waals surface area contributed by atoms with Crippen LogP contribution in [-0.2, 0) is 6.42 Å². The maximum Gasteiger partial charge on any atom is 0.144 e. The van der Waals surface area contributed by atoms with Crippen molar-refractivity contribution in [1.29, 1.82) is 0 Å². The Labute approximate surface area is 134 Å². The van der Waals surface area contributed by atoms with Crippen molar-refractivity contribution in [3.8, 4) is 0 Å². The molecular weight excluding hydrogens is 328 g/mol. The lowest BCUT2D eigenvalue weighted by Gasteiger charge is -2.14. The largest absolute Gasteiger partial charge is 0.369 e. The number of hydrogen-bond donors (Lipinski definition) is 1. The first-order valence-corrected chi connectivity index (χ1v) is 8.11. The lowest BCUT2D eigenvalue weighted by atomic mass is 10.1. The zero-order chi connectivity index (χ0) is 15.2. The summed E-state index contributed by atoms with van der Waals surface area (Å²) in [5.74, 6) is 2.02. The zero-order valence-electron chi connectivity index (χ0n) is 12.7. The van der Waals surface area contributed by atoms with Crippen LogP contribution < -0.4 is 5.32 Å². The summed E-state index contributed by atoms with van der Waals surface area (Å²) in [4.78, 5) is 13.7. The number of anilines is 1. The van der Waals surface area contributed by atoms with Gasteiger partial charge in [0.15, 0.2) is 0 Å². The van der Waals surface area contributed by atoms with Crippen molar-refractivity contribution in [3.63, 3.8) is 0 Å². The van der Waals surface area contributed by atoms with E-state index in [1.807, 2.05) is 18.2 Å². The van der Waals surface area contributed by atoms with E-state index < -0.39 is 0 Å². The number of halogens is 1. The minimum atomic E-state index is 0.340. The molecule has 0 aliphatic rings. The lowest BCUT2D eigenvalue weighted by molar-refractivity contribution is 0.780. The van der Waals surface area contributed by atoms with Crippen molar-refractivity contribution in [2.24, 2.45) is 0 Å². The summed E-state index contributed by atoms with van der Waals surface area (Å²) in [6.45, 7) is 7.32. The number of hydrogen-bond acceptors (Lipinski definition) is 4. The fraction of sp³-hybridized carbons (Fsp3) is 0.438. The van der Waals surface area contributed by atoms with Gasteiger partial charge in [0.05, 0.1) is 16.6 Å². The van der Waals surface area contributed by atoms with Crippen LogP contribution in [0.2, 0.25) is 0 Å². The molecule has 0 radical (unpaired) electrons. The molecule has 0 unspecified atom stereocenters. The van der Waals surface area contributed by atoms with Crippen LogP contribution in [0.1, 0.15) is 50.3 Å². The Morgan fingerprint density at radius 2 is 2.05 bits per heavy atom. The summed E-state index contributed by atoms with van der Waals surface area (Å²) < 4.78 is 0.968. The Kier molecular flexibility index (Phi) is 5.67. The summed E-state index contributed by atoms with van der Waals surface area (Å²) in [6, 6.07) is 5.90. The number of aromatic nitrogens is 3. The molecule has 0 spiro atoms. The van der Waals surface area contributed by atoms with E-state index in [9.17, 15) is 0 Å². The summed E-state index contributed by atoms with van der Waals surface area (Å²) in [5.41, 5.74) is 2.02. The molecule has 0 aliphatic carbocycles. The molecule has 0 saturated carbocycles. The summed E-state index contributed by atoms with van der Waals surface area (Å²) in [5, 5.41) is 3.37. The van der Waals surface area contributed by atoms with Crippen molar-refractivity contribution in [1.82, 2.24) is 15.0 Å². The summed E-state index contributed by atoms with van der Waals surface area (Å²) in [7, 11) is 0. The molecule has 112 valence electrons. The highest BCUT2D eigenvalue weighted by atomic mass is 79.9. The van der Waals surface area contributed by atoms with E-state index in [1.165, 1.54) is 0 Å². The molecule has 0 bridgehead atoms. The molecule has 0 aromatic carbocycles. The molecule has 0 amide bonds. The Morgan fingerprint density at radius 3 is 2.67 bits per heavy atom. The highest BCUT2D eigenvalue weighted by molar-refractivity contribution is 9.10. The van der Waals surface area contributed by atoms with Crippen molar-refractivity contribution in [2.75, 3.05) is 11.9 Å². The van der Waals surface area contributed by atoms with Crippen LogP contribution in [0.25, 0.3) is 0 Å². The van der Waals surface area contributed by atoms with Crippen molar-refractivity contribution < 1.29 is 0 Å². The summed E-state index contributed by atoms with van der Waals surface area (Å²) in [6.07, 6.45) is 3.51. The van der Waals surface area contributed by atoms with E-state index >= 15 is 0 Å². The molecule has 1 N–H and O–H groups in total. The highest BCUT2D eigenvalue weighted by Crippen LogP contribution is 2.29. The van der Waals surface area contributed by atoms with Crippen molar-refractivity contribution in [2.45, 2.75) is 39.5 Å². The minimum absolute atomic E-state index is 0.340. The third-order valence-electron chi connectivity index (χ3n) is 3.08. The predicted octanol–water partition coefficient (Wildman–Crippen LogP) is 4.17. The second kappa shape index (κ2) is 7.50. The normalized spacial score (nSPS) is 10.9. The van der Waals surface area contributed by atoms with Gasteiger partial charge in [-0.15, -0.1) is 0 Å². The molecule has 5 heteroatoms. The quantitative estimate of drug-likeness (QED) is 0.850. The van der Waals surface area contributed by atoms with E-state index in [2.05, 4.69) is 52.0 Å². The molecule has 4 nitrogen and oxygen atoms in total. The zero-order valence-corrected chi connectivity index (χ0v) is 14.3. The average Bonchev–Trinajstić information content (AvgIpc) is 2.48. The first kappa shape index (κ1) is 15.9. The Morgan fingerprint density at radius 1 is 1.24 bits per heavy atom. The van der Waals surface area contributed by atoms with Gasteiger partial charge in [-0.3, -0.25) is 4.98 Å². The van der Waals surface area contributed by atoms with Crippen LogP contribution in [0.3, 0.4) is 0 Å². The smallest absolute Gasteiger partial charge is 0.144 e. The minimum Gasteiger partial charge on any atom is -0.369 e. The second-order valence-electron chi connectivity index (χ2n) is 5.27. The molecule has 0 fully saturated rings. The fourth-order valence-electron chi connectivity index (χ4n) is 2.00. The molecule has 0 aliphatic heterocycles. The summed E-state index contributed by atoms with van der Waals surface area (Å²) >= 11 is 3.63. The lowest BCUT2D eigenvalue weighted by Crippen LogP contribution is -2.10. The van der Waals surface area contributed by atoms with Gasteiger partial charge in [0.2, 0.25) is 0 Å². The highest BCUT2D eigenvalue weighted by Gasteiger charge is 2.15. The molecule has 2 aromatic rings. The molecule has 21 heavy (non-hydrogen) atoms. The van der Waals surface area contributed by atoms with Crippen LogP contribution in [0.4, 0.5) is 5.82 Å². The van der Waals surface area contributed by atoms with Gasteiger partial charge in [0.1, 0.15) is 11.6 Å². The monoisotopic (exact) mass is 348 g/mol. The third kappa shape index (κ3) is 4.24. The first-order valence-electron chi connectivity index (χ1n) is 7.32. The van der Waals surface area contributed by atoms with Crippen LogP contribution in [0.5, 0.6) is 0 Å². The Bertz CT molecular complexity index is 584. The van der Waals surface area contributed by atoms with Gasteiger partial charge in [-0.1, -0.05) is 26.8 Å². The van der Waals surface area contributed by atoms with Gasteiger partial charge < -0.3 is 5.32 Å². The first-order chi connectivity index (χ1) is 10.1. The Hall–Kier alpha value is -1.49. The van der Waals surface area contributed by atoms with Gasteiger partial charge in [-0.05, 0) is 40.4 Å². The van der Waals surface area contributed by atoms with E-state index in [0.717, 1.165) is 40.5 Å². The predicted molar refractivity (Wildman–Crippen MR) is 89.6 cm³/mol. The van der Waals surface area contributed by atoms with Crippen molar-refractivity contribution >= 4 is 21.7 Å². The second-order valence-corrected chi connectivity index (χ2v) is 6.06. The van der Waals surface area contributed by atoms with Gasteiger partial charge in [-0.25, -0.2) is 9.97 Å².